The van der Waals surface area contributed by atoms with Crippen molar-refractivity contribution in [2.75, 3.05) is 13.1 Å². The number of halogens is 6. The largest absolute Gasteiger partial charge is 0.661 e. The van der Waals surface area contributed by atoms with Crippen molar-refractivity contribution in [3.8, 4) is 0 Å². The van der Waals surface area contributed by atoms with Crippen molar-refractivity contribution in [1.29, 1.82) is 0 Å². The van der Waals surface area contributed by atoms with Gasteiger partial charge >= 0.3 is 23.1 Å². The normalized spacial score (nSPS) is 19.0. The molecule has 0 N–H and O–H groups in total. The summed E-state index contributed by atoms with van der Waals surface area (Å²) in [5.74, 6) is -16.5. The van der Waals surface area contributed by atoms with Gasteiger partial charge in [0.25, 0.3) is 10.0 Å². The molecule has 0 amide bonds. The lowest BCUT2D eigenvalue weighted by Crippen LogP contribution is -2.64. The van der Waals surface area contributed by atoms with Gasteiger partial charge in [0.2, 0.25) is 0 Å². The fraction of sp³-hybridized carbons (Fsp3) is 0.889. The van der Waals surface area contributed by atoms with Crippen LogP contribution >= 0.6 is 0 Å². The van der Waals surface area contributed by atoms with Gasteiger partial charge < -0.3 is 10.1 Å². The van der Waals surface area contributed by atoms with Crippen molar-refractivity contribution in [1.82, 2.24) is 4.31 Å². The Balaban J connectivity index is 3.28. The number of nitrogens with zero attached hydrogens (tertiary/aromatic N) is 1. The van der Waals surface area contributed by atoms with Gasteiger partial charge in [0.05, 0.1) is 0 Å². The maximum absolute atomic E-state index is 13.6. The van der Waals surface area contributed by atoms with Gasteiger partial charge in [-0.1, -0.05) is 6.42 Å². The summed E-state index contributed by atoms with van der Waals surface area (Å²) in [5.41, 5.74) is 0. The van der Waals surface area contributed by atoms with Crippen LogP contribution in [0.2, 0.25) is 0 Å². The van der Waals surface area contributed by atoms with Gasteiger partial charge in [-0.3, -0.25) is 0 Å². The molecule has 0 saturated carbocycles. The Kier molecular flexibility index (Phi) is 5.04. The summed E-state index contributed by atoms with van der Waals surface area (Å²) in [7, 11) is -6.18. The molecule has 0 aromatic carbocycles. The number of rotatable bonds is 5. The zero-order chi connectivity index (χ0) is 17.4. The predicted molar refractivity (Wildman–Crippen MR) is 55.3 cm³/mol. The van der Waals surface area contributed by atoms with Gasteiger partial charge in [-0.25, -0.2) is 13.2 Å². The quantitative estimate of drug-likeness (QED) is 0.405. The highest BCUT2D eigenvalue weighted by molar-refractivity contribution is 7.90. The van der Waals surface area contributed by atoms with Gasteiger partial charge in [0.1, 0.15) is 0 Å². The van der Waals surface area contributed by atoms with Gasteiger partial charge in [-0.2, -0.15) is 30.6 Å². The first-order valence-corrected chi connectivity index (χ1v) is 7.25. The molecule has 22 heavy (non-hydrogen) atoms. The molecule has 1 fully saturated rings. The molecule has 0 bridgehead atoms. The molecule has 0 aromatic rings. The van der Waals surface area contributed by atoms with E-state index in [9.17, 15) is 44.8 Å². The van der Waals surface area contributed by atoms with Crippen molar-refractivity contribution in [2.24, 2.45) is 0 Å². The molecular weight excluding hydrogens is 348 g/mol. The second kappa shape index (κ2) is 5.85. The maximum atomic E-state index is 13.6. The smallest absolute Gasteiger partial charge is 0.427 e. The fourth-order valence-electron chi connectivity index (χ4n) is 1.79. The van der Waals surface area contributed by atoms with Crippen LogP contribution in [0.3, 0.4) is 0 Å². The minimum atomic E-state index is -6.67. The van der Waals surface area contributed by atoms with E-state index in [1.54, 1.807) is 0 Å². The number of carbonyl (C=O) groups is 1. The van der Waals surface area contributed by atoms with Crippen LogP contribution in [0.5, 0.6) is 0 Å². The van der Waals surface area contributed by atoms with Crippen LogP contribution < -0.4 is 5.26 Å². The lowest BCUT2D eigenvalue weighted by atomic mass is 10.2. The first-order valence-electron chi connectivity index (χ1n) is 5.81. The van der Waals surface area contributed by atoms with Gasteiger partial charge in [-0.15, -0.1) is 0 Å². The number of carbonyl (C=O) groups excluding carboxylic acids is 1. The van der Waals surface area contributed by atoms with Crippen LogP contribution in [0, 0.1) is 0 Å². The molecule has 1 aliphatic rings. The predicted octanol–water partition coefficient (Wildman–Crippen LogP) is 0.484. The van der Waals surface area contributed by atoms with E-state index in [4.69, 9.17) is 0 Å². The van der Waals surface area contributed by atoms with E-state index in [0.29, 0.717) is 6.42 Å². The van der Waals surface area contributed by atoms with E-state index in [1.807, 2.05) is 0 Å². The first-order chi connectivity index (χ1) is 9.84. The van der Waals surface area contributed by atoms with Gasteiger partial charge in [-0.05, 0) is 12.8 Å². The van der Waals surface area contributed by atoms with Crippen LogP contribution in [-0.4, -0.2) is 48.9 Å². The minimum Gasteiger partial charge on any atom is -0.661 e. The zero-order valence-electron chi connectivity index (χ0n) is 10.7. The summed E-state index contributed by atoms with van der Waals surface area (Å²) < 4.78 is 103. The van der Waals surface area contributed by atoms with Crippen molar-refractivity contribution in [3.05, 3.63) is 0 Å². The number of hydrogen-bond acceptors (Lipinski definition) is 5. The highest BCUT2D eigenvalue weighted by Gasteiger charge is 2.81. The SMILES string of the molecule is O=C(O[O-])C(F)(F)C(F)(F)C(F)(F)S(=O)(=O)N1CCCCC1. The van der Waals surface area contributed by atoms with Crippen LogP contribution in [0.15, 0.2) is 0 Å². The third kappa shape index (κ3) is 2.65. The van der Waals surface area contributed by atoms with Gasteiger partial charge in [0, 0.05) is 13.1 Å². The topological polar surface area (TPSA) is 86.7 Å². The number of alkyl halides is 6. The molecule has 0 radical (unpaired) electrons. The molecule has 0 aliphatic carbocycles. The van der Waals surface area contributed by atoms with E-state index < -0.39 is 46.2 Å². The highest BCUT2D eigenvalue weighted by Crippen LogP contribution is 2.49. The van der Waals surface area contributed by atoms with E-state index >= 15 is 0 Å². The molecular formula is C9H10F6NO5S-. The molecule has 6 nitrogen and oxygen atoms in total. The fourth-order valence-corrected chi connectivity index (χ4v) is 3.31. The Morgan fingerprint density at radius 1 is 1.00 bits per heavy atom. The number of hydrogen-bond donors (Lipinski definition) is 0. The molecule has 1 aliphatic heterocycles. The maximum Gasteiger partial charge on any atom is 0.427 e. The molecule has 1 saturated heterocycles. The summed E-state index contributed by atoms with van der Waals surface area (Å²) in [6, 6.07) is 0. The van der Waals surface area contributed by atoms with E-state index in [1.165, 1.54) is 0 Å². The molecule has 0 spiro atoms. The van der Waals surface area contributed by atoms with Crippen molar-refractivity contribution >= 4 is 16.0 Å². The lowest BCUT2D eigenvalue weighted by Gasteiger charge is -2.35. The van der Waals surface area contributed by atoms with E-state index in [-0.39, 0.29) is 17.1 Å². The lowest BCUT2D eigenvalue weighted by molar-refractivity contribution is -0.660. The summed E-state index contributed by atoms with van der Waals surface area (Å²) in [6.45, 7) is -1.10. The Bertz CT molecular complexity index is 531. The summed E-state index contributed by atoms with van der Waals surface area (Å²) >= 11 is 0. The summed E-state index contributed by atoms with van der Waals surface area (Å²) in [6.07, 6.45) is 0.617. The van der Waals surface area contributed by atoms with Crippen LogP contribution in [-0.2, 0) is 19.7 Å². The van der Waals surface area contributed by atoms with Gasteiger partial charge in [0.15, 0.2) is 0 Å². The Morgan fingerprint density at radius 2 is 1.45 bits per heavy atom. The molecule has 0 atom stereocenters. The molecule has 1 rings (SSSR count). The zero-order valence-corrected chi connectivity index (χ0v) is 11.5. The van der Waals surface area contributed by atoms with Crippen molar-refractivity contribution in [3.63, 3.8) is 0 Å². The Labute approximate surface area is 120 Å². The second-order valence-corrected chi connectivity index (χ2v) is 6.48. The van der Waals surface area contributed by atoms with Crippen LogP contribution in [0.4, 0.5) is 26.3 Å². The molecule has 0 aromatic heterocycles. The van der Waals surface area contributed by atoms with Crippen molar-refractivity contribution < 1.29 is 49.7 Å². The third-order valence-electron chi connectivity index (χ3n) is 3.07. The minimum absolute atomic E-state index is 0.0526. The van der Waals surface area contributed by atoms with E-state index in [0.717, 1.165) is 0 Å². The number of sulfonamides is 1. The molecule has 13 heteroatoms. The van der Waals surface area contributed by atoms with Crippen LogP contribution in [0.1, 0.15) is 19.3 Å². The summed E-state index contributed by atoms with van der Waals surface area (Å²) in [4.78, 5) is 12.4. The number of piperidine rings is 1. The first kappa shape index (κ1) is 19.0. The standard InChI is InChI=1S/C9H11F6NO5S/c10-7(11,6(17)21-18)8(12,13)9(14,15)22(19,20)16-4-2-1-3-5-16/h18H,1-5H2/p-1. The Hall–Kier alpha value is -1.08. The summed E-state index contributed by atoms with van der Waals surface area (Å²) in [5, 5.41) is 3.22. The monoisotopic (exact) mass is 358 g/mol. The van der Waals surface area contributed by atoms with E-state index in [2.05, 4.69) is 4.89 Å². The second-order valence-electron chi connectivity index (χ2n) is 4.50. The Morgan fingerprint density at radius 3 is 1.86 bits per heavy atom. The molecule has 0 unspecified atom stereocenters. The third-order valence-corrected chi connectivity index (χ3v) is 5.02. The highest BCUT2D eigenvalue weighted by atomic mass is 32.2. The molecule has 130 valence electrons. The van der Waals surface area contributed by atoms with Crippen molar-refractivity contribution in [2.45, 2.75) is 36.4 Å². The van der Waals surface area contributed by atoms with Crippen LogP contribution in [0.25, 0.3) is 0 Å². The molecule has 1 heterocycles. The average molecular weight is 358 g/mol. The average Bonchev–Trinajstić information content (AvgIpc) is 2.46.